The number of hydrogen-bond acceptors (Lipinski definition) is 3. The number of rotatable bonds is 4. The third kappa shape index (κ3) is 3.72. The molecule has 1 N–H and O–H groups in total. The van der Waals surface area contributed by atoms with Gasteiger partial charge in [0.15, 0.2) is 0 Å². The highest BCUT2D eigenvalue weighted by Gasteiger charge is 2.22. The van der Waals surface area contributed by atoms with Gasteiger partial charge in [0, 0.05) is 30.4 Å². The molecule has 1 atom stereocenters. The third-order valence-corrected chi connectivity index (χ3v) is 5.02. The Balaban J connectivity index is 1.78. The summed E-state index contributed by atoms with van der Waals surface area (Å²) in [5, 5.41) is 4.16. The van der Waals surface area contributed by atoms with Crippen LogP contribution in [0.1, 0.15) is 48.7 Å². The number of thiazole rings is 1. The van der Waals surface area contributed by atoms with Crippen LogP contribution >= 0.6 is 11.3 Å². The minimum atomic E-state index is 0.0844. The summed E-state index contributed by atoms with van der Waals surface area (Å²) in [6.07, 6.45) is 5.31. The first-order valence-corrected chi connectivity index (χ1v) is 8.43. The molecular weight excluding hydrogens is 270 g/mol. The van der Waals surface area contributed by atoms with Crippen LogP contribution in [0.15, 0.2) is 0 Å². The van der Waals surface area contributed by atoms with Gasteiger partial charge in [0.1, 0.15) is 0 Å². The molecule has 0 aromatic carbocycles. The van der Waals surface area contributed by atoms with Gasteiger partial charge in [-0.1, -0.05) is 6.92 Å². The number of carbonyl (C=O) groups is 1. The molecule has 1 fully saturated rings. The molecular formula is C15H25N3OS. The maximum absolute atomic E-state index is 12.1. The maximum Gasteiger partial charge on any atom is 0.317 e. The minimum absolute atomic E-state index is 0.0844. The summed E-state index contributed by atoms with van der Waals surface area (Å²) in [7, 11) is 0. The molecule has 2 heterocycles. The summed E-state index contributed by atoms with van der Waals surface area (Å²) in [6.45, 7) is 7.96. The van der Waals surface area contributed by atoms with Crippen LogP contribution in [0.4, 0.5) is 4.79 Å². The highest BCUT2D eigenvalue weighted by atomic mass is 32.1. The van der Waals surface area contributed by atoms with E-state index in [1.54, 1.807) is 11.3 Å². The number of nitrogens with one attached hydrogen (secondary N) is 1. The van der Waals surface area contributed by atoms with E-state index < -0.39 is 0 Å². The van der Waals surface area contributed by atoms with Crippen LogP contribution < -0.4 is 5.32 Å². The van der Waals surface area contributed by atoms with Crippen molar-refractivity contribution >= 4 is 17.4 Å². The van der Waals surface area contributed by atoms with Gasteiger partial charge in [-0.25, -0.2) is 9.78 Å². The fourth-order valence-corrected chi connectivity index (χ4v) is 3.72. The SMILES string of the molecule is CCc1nc(CCNC(=O)N2CCCCC2C)sc1C. The lowest BCUT2D eigenvalue weighted by atomic mass is 10.0. The van der Waals surface area contributed by atoms with Crippen LogP contribution in [0.3, 0.4) is 0 Å². The van der Waals surface area contributed by atoms with Crippen molar-refractivity contribution in [3.8, 4) is 0 Å². The zero-order valence-electron chi connectivity index (χ0n) is 12.7. The minimum Gasteiger partial charge on any atom is -0.338 e. The van der Waals surface area contributed by atoms with Crippen LogP contribution in [0, 0.1) is 6.92 Å². The van der Waals surface area contributed by atoms with Crippen molar-refractivity contribution in [3.05, 3.63) is 15.6 Å². The molecule has 1 aliphatic rings. The van der Waals surface area contributed by atoms with E-state index in [-0.39, 0.29) is 6.03 Å². The van der Waals surface area contributed by atoms with Crippen LogP contribution in [0.2, 0.25) is 0 Å². The first-order valence-electron chi connectivity index (χ1n) is 7.61. The summed E-state index contributed by atoms with van der Waals surface area (Å²) in [6, 6.07) is 0.457. The Bertz CT molecular complexity index is 458. The van der Waals surface area contributed by atoms with E-state index in [9.17, 15) is 4.79 Å². The van der Waals surface area contributed by atoms with E-state index in [2.05, 4.69) is 31.1 Å². The molecule has 4 nitrogen and oxygen atoms in total. The Morgan fingerprint density at radius 3 is 2.95 bits per heavy atom. The quantitative estimate of drug-likeness (QED) is 0.927. The largest absolute Gasteiger partial charge is 0.338 e. The van der Waals surface area contributed by atoms with Gasteiger partial charge in [-0.05, 0) is 39.5 Å². The molecule has 0 aliphatic carbocycles. The smallest absolute Gasteiger partial charge is 0.317 e. The van der Waals surface area contributed by atoms with Crippen molar-refractivity contribution in [1.29, 1.82) is 0 Å². The standard InChI is InChI=1S/C15H25N3OS/c1-4-13-12(3)20-14(17-13)8-9-16-15(19)18-10-6-5-7-11(18)2/h11H,4-10H2,1-3H3,(H,16,19). The maximum atomic E-state index is 12.1. The second kappa shape index (κ2) is 7.07. The lowest BCUT2D eigenvalue weighted by molar-refractivity contribution is 0.158. The fourth-order valence-electron chi connectivity index (χ4n) is 2.70. The highest BCUT2D eigenvalue weighted by Crippen LogP contribution is 2.18. The van der Waals surface area contributed by atoms with Gasteiger partial charge >= 0.3 is 6.03 Å². The third-order valence-electron chi connectivity index (χ3n) is 3.95. The Labute approximate surface area is 125 Å². The topological polar surface area (TPSA) is 45.2 Å². The molecule has 1 aromatic rings. The lowest BCUT2D eigenvalue weighted by Gasteiger charge is -2.33. The van der Waals surface area contributed by atoms with Crippen molar-refractivity contribution in [2.45, 2.75) is 58.9 Å². The summed E-state index contributed by atoms with van der Waals surface area (Å²) in [4.78, 5) is 20.0. The molecule has 1 aliphatic heterocycles. The van der Waals surface area contributed by atoms with Gasteiger partial charge in [-0.2, -0.15) is 0 Å². The Morgan fingerprint density at radius 1 is 1.50 bits per heavy atom. The first kappa shape index (κ1) is 15.3. The molecule has 2 rings (SSSR count). The predicted octanol–water partition coefficient (Wildman–Crippen LogP) is 3.14. The molecule has 0 saturated carbocycles. The van der Waals surface area contributed by atoms with E-state index in [1.807, 2.05) is 4.90 Å². The molecule has 20 heavy (non-hydrogen) atoms. The number of urea groups is 1. The van der Waals surface area contributed by atoms with E-state index in [1.165, 1.54) is 17.0 Å². The Morgan fingerprint density at radius 2 is 2.30 bits per heavy atom. The van der Waals surface area contributed by atoms with E-state index >= 15 is 0 Å². The van der Waals surface area contributed by atoms with Gasteiger partial charge in [0.25, 0.3) is 0 Å². The summed E-state index contributed by atoms with van der Waals surface area (Å²) < 4.78 is 0. The lowest BCUT2D eigenvalue weighted by Crippen LogP contribution is -2.47. The van der Waals surface area contributed by atoms with E-state index in [0.29, 0.717) is 12.6 Å². The zero-order valence-corrected chi connectivity index (χ0v) is 13.6. The average molecular weight is 295 g/mol. The van der Waals surface area contributed by atoms with Gasteiger partial charge < -0.3 is 10.2 Å². The number of likely N-dealkylation sites (tertiary alicyclic amines) is 1. The summed E-state index contributed by atoms with van der Waals surface area (Å²) in [5.41, 5.74) is 1.20. The predicted molar refractivity (Wildman–Crippen MR) is 83.4 cm³/mol. The Kier molecular flexibility index (Phi) is 5.40. The second-order valence-corrected chi connectivity index (χ2v) is 6.77. The number of aromatic nitrogens is 1. The van der Waals surface area contributed by atoms with Crippen LogP contribution in [0.25, 0.3) is 0 Å². The van der Waals surface area contributed by atoms with Crippen LogP contribution in [-0.2, 0) is 12.8 Å². The molecule has 0 bridgehead atoms. The molecule has 112 valence electrons. The number of piperidine rings is 1. The van der Waals surface area contributed by atoms with Crippen molar-refractivity contribution in [3.63, 3.8) is 0 Å². The average Bonchev–Trinajstić information content (AvgIpc) is 2.79. The molecule has 0 radical (unpaired) electrons. The number of nitrogens with zero attached hydrogens (tertiary/aromatic N) is 2. The van der Waals surface area contributed by atoms with Crippen molar-refractivity contribution < 1.29 is 4.79 Å². The van der Waals surface area contributed by atoms with Crippen LogP contribution in [0.5, 0.6) is 0 Å². The molecule has 5 heteroatoms. The van der Waals surface area contributed by atoms with Gasteiger partial charge in [0.05, 0.1) is 10.7 Å². The summed E-state index contributed by atoms with van der Waals surface area (Å²) >= 11 is 1.75. The second-order valence-electron chi connectivity index (χ2n) is 5.48. The van der Waals surface area contributed by atoms with Gasteiger partial charge in [-0.3, -0.25) is 0 Å². The number of hydrogen-bond donors (Lipinski definition) is 1. The first-order chi connectivity index (χ1) is 9.61. The van der Waals surface area contributed by atoms with E-state index in [0.717, 1.165) is 37.2 Å². The number of aryl methyl sites for hydroxylation is 2. The Hall–Kier alpha value is -1.10. The van der Waals surface area contributed by atoms with Gasteiger partial charge in [0.2, 0.25) is 0 Å². The monoisotopic (exact) mass is 295 g/mol. The molecule has 2 amide bonds. The van der Waals surface area contributed by atoms with E-state index in [4.69, 9.17) is 0 Å². The normalized spacial score (nSPS) is 19.1. The number of carbonyl (C=O) groups excluding carboxylic acids is 1. The highest BCUT2D eigenvalue weighted by molar-refractivity contribution is 7.11. The molecule has 0 spiro atoms. The van der Waals surface area contributed by atoms with Gasteiger partial charge in [-0.15, -0.1) is 11.3 Å². The number of amides is 2. The van der Waals surface area contributed by atoms with Crippen molar-refractivity contribution in [1.82, 2.24) is 15.2 Å². The van der Waals surface area contributed by atoms with Crippen LogP contribution in [-0.4, -0.2) is 35.0 Å². The molecule has 1 aromatic heterocycles. The summed E-state index contributed by atoms with van der Waals surface area (Å²) in [5.74, 6) is 0. The fraction of sp³-hybridized carbons (Fsp3) is 0.733. The zero-order chi connectivity index (χ0) is 14.5. The molecule has 1 unspecified atom stereocenters. The van der Waals surface area contributed by atoms with Crippen molar-refractivity contribution in [2.75, 3.05) is 13.1 Å². The van der Waals surface area contributed by atoms with Crippen molar-refractivity contribution in [2.24, 2.45) is 0 Å². The molecule has 1 saturated heterocycles.